The van der Waals surface area contributed by atoms with Crippen LogP contribution in [0.15, 0.2) is 48.5 Å². The van der Waals surface area contributed by atoms with Gasteiger partial charge in [-0.1, -0.05) is 61.6 Å². The molecule has 5 rings (SSSR count). The number of aromatic nitrogens is 2. The van der Waals surface area contributed by atoms with E-state index < -0.39 is 8.07 Å². The molecule has 0 saturated carbocycles. The summed E-state index contributed by atoms with van der Waals surface area (Å²) >= 11 is 0. The van der Waals surface area contributed by atoms with E-state index in [1.165, 1.54) is 43.2 Å². The van der Waals surface area contributed by atoms with Gasteiger partial charge in [0, 0.05) is 16.6 Å². The van der Waals surface area contributed by atoms with Crippen molar-refractivity contribution in [2.45, 2.75) is 26.9 Å². The summed E-state index contributed by atoms with van der Waals surface area (Å²) < 4.78 is 0. The van der Waals surface area contributed by atoms with E-state index in [4.69, 9.17) is 9.97 Å². The van der Waals surface area contributed by atoms with Crippen molar-refractivity contribution >= 4 is 40.1 Å². The smallest absolute Gasteiger partial charge is 0.138 e. The zero-order chi connectivity index (χ0) is 17.3. The molecular weight excluding hydrogens is 320 g/mol. The minimum atomic E-state index is -1.88. The van der Waals surface area contributed by atoms with Gasteiger partial charge in [-0.25, -0.2) is 9.97 Å². The lowest BCUT2D eigenvalue weighted by Gasteiger charge is -2.20. The second kappa shape index (κ2) is 4.76. The van der Waals surface area contributed by atoms with Crippen LogP contribution in [0, 0.1) is 13.8 Å². The molecule has 25 heavy (non-hydrogen) atoms. The van der Waals surface area contributed by atoms with Gasteiger partial charge in [0.1, 0.15) is 13.9 Å². The van der Waals surface area contributed by atoms with E-state index >= 15 is 0 Å². The summed E-state index contributed by atoms with van der Waals surface area (Å²) in [6.07, 6.45) is 0. The van der Waals surface area contributed by atoms with E-state index in [1.54, 1.807) is 0 Å². The van der Waals surface area contributed by atoms with Crippen LogP contribution in [0.2, 0.25) is 13.1 Å². The molecule has 0 unspecified atom stereocenters. The summed E-state index contributed by atoms with van der Waals surface area (Å²) in [5.41, 5.74) is 3.79. The third-order valence-corrected chi connectivity index (χ3v) is 8.92. The lowest BCUT2D eigenvalue weighted by Crippen LogP contribution is -2.51. The summed E-state index contributed by atoms with van der Waals surface area (Å²) in [5.74, 6) is 0.887. The van der Waals surface area contributed by atoms with Crippen LogP contribution in [-0.2, 0) is 0 Å². The van der Waals surface area contributed by atoms with Gasteiger partial charge in [0.05, 0.1) is 0 Å². The van der Waals surface area contributed by atoms with Gasteiger partial charge in [0.2, 0.25) is 0 Å². The second-order valence-corrected chi connectivity index (χ2v) is 11.8. The van der Waals surface area contributed by atoms with Gasteiger partial charge < -0.3 is 0 Å². The van der Waals surface area contributed by atoms with Crippen LogP contribution in [-0.4, -0.2) is 18.0 Å². The topological polar surface area (TPSA) is 25.8 Å². The SMILES string of the molecule is Cc1nc(C)c2c(n1)[Si](C)(C)c1c-2c2ccccc2c2ccccc12. The highest BCUT2D eigenvalue weighted by Gasteiger charge is 2.42. The molecule has 1 aromatic heterocycles. The van der Waals surface area contributed by atoms with E-state index in [9.17, 15) is 0 Å². The standard InChI is InChI=1S/C22H20N2Si/c1-13-19-20-17-11-7-5-9-15(17)16-10-6-8-12-18(16)21(20)25(3,4)22(19)24-14(2)23-13/h5-12H,1-4H3. The maximum atomic E-state index is 4.95. The molecule has 0 spiro atoms. The zero-order valence-electron chi connectivity index (χ0n) is 15.0. The number of hydrogen-bond donors (Lipinski definition) is 0. The van der Waals surface area contributed by atoms with E-state index in [0.717, 1.165) is 11.5 Å². The first-order chi connectivity index (χ1) is 12.0. The number of nitrogens with zero attached hydrogens (tertiary/aromatic N) is 2. The molecule has 0 saturated heterocycles. The first-order valence-electron chi connectivity index (χ1n) is 8.80. The molecule has 0 radical (unpaired) electrons. The maximum absolute atomic E-state index is 4.95. The Labute approximate surface area is 148 Å². The molecule has 1 aliphatic rings. The Balaban J connectivity index is 2.12. The summed E-state index contributed by atoms with van der Waals surface area (Å²) in [5, 5.41) is 8.24. The lowest BCUT2D eigenvalue weighted by atomic mass is 9.93. The fraction of sp³-hybridized carbons (Fsp3) is 0.182. The third kappa shape index (κ3) is 1.79. The number of benzene rings is 3. The van der Waals surface area contributed by atoms with Gasteiger partial charge in [-0.05, 0) is 46.1 Å². The van der Waals surface area contributed by atoms with E-state index in [0.29, 0.717) is 0 Å². The maximum Gasteiger partial charge on any atom is 0.138 e. The first-order valence-corrected chi connectivity index (χ1v) is 11.8. The molecule has 0 atom stereocenters. The van der Waals surface area contributed by atoms with Crippen molar-refractivity contribution in [3.05, 3.63) is 60.0 Å². The van der Waals surface area contributed by atoms with Crippen molar-refractivity contribution < 1.29 is 0 Å². The van der Waals surface area contributed by atoms with Crippen molar-refractivity contribution in [2.24, 2.45) is 0 Å². The van der Waals surface area contributed by atoms with Crippen molar-refractivity contribution in [2.75, 3.05) is 0 Å². The van der Waals surface area contributed by atoms with Gasteiger partial charge in [0.25, 0.3) is 0 Å². The molecule has 2 heterocycles. The second-order valence-electron chi connectivity index (χ2n) is 7.55. The van der Waals surface area contributed by atoms with Crippen molar-refractivity contribution in [3.8, 4) is 11.1 Å². The molecule has 3 aromatic carbocycles. The molecule has 0 aliphatic carbocycles. The molecule has 1 aliphatic heterocycles. The number of aryl methyl sites for hydroxylation is 2. The van der Waals surface area contributed by atoms with E-state index in [-0.39, 0.29) is 0 Å². The Kier molecular flexibility index (Phi) is 2.82. The monoisotopic (exact) mass is 340 g/mol. The average molecular weight is 341 g/mol. The Morgan fingerprint density at radius 3 is 1.92 bits per heavy atom. The summed E-state index contributed by atoms with van der Waals surface area (Å²) in [6, 6.07) is 17.6. The van der Waals surface area contributed by atoms with Crippen LogP contribution in [0.4, 0.5) is 0 Å². The molecule has 0 bridgehead atoms. The highest BCUT2D eigenvalue weighted by Crippen LogP contribution is 2.39. The average Bonchev–Trinajstić information content (AvgIpc) is 2.84. The van der Waals surface area contributed by atoms with Crippen molar-refractivity contribution in [1.29, 1.82) is 0 Å². The Morgan fingerprint density at radius 1 is 0.680 bits per heavy atom. The molecule has 0 amide bonds. The van der Waals surface area contributed by atoms with Crippen molar-refractivity contribution in [3.63, 3.8) is 0 Å². The largest absolute Gasteiger partial charge is 0.242 e. The Bertz CT molecular complexity index is 1190. The predicted octanol–water partition coefficient (Wildman–Crippen LogP) is 4.20. The van der Waals surface area contributed by atoms with Crippen LogP contribution in [0.3, 0.4) is 0 Å². The highest BCUT2D eigenvalue weighted by molar-refractivity contribution is 7.05. The Hall–Kier alpha value is -2.52. The molecule has 2 nitrogen and oxygen atoms in total. The van der Waals surface area contributed by atoms with Gasteiger partial charge in [-0.2, -0.15) is 0 Å². The van der Waals surface area contributed by atoms with Gasteiger partial charge in [0.15, 0.2) is 0 Å². The van der Waals surface area contributed by atoms with Crippen LogP contribution < -0.4 is 10.5 Å². The van der Waals surface area contributed by atoms with E-state index in [2.05, 4.69) is 68.5 Å². The molecular formula is C22H20N2Si. The highest BCUT2D eigenvalue weighted by atomic mass is 28.3. The molecule has 0 fully saturated rings. The van der Waals surface area contributed by atoms with Crippen LogP contribution in [0.1, 0.15) is 11.5 Å². The fourth-order valence-corrected chi connectivity index (χ4v) is 8.02. The zero-order valence-corrected chi connectivity index (χ0v) is 16.0. The lowest BCUT2D eigenvalue weighted by molar-refractivity contribution is 1.03. The minimum Gasteiger partial charge on any atom is -0.242 e. The van der Waals surface area contributed by atoms with Crippen molar-refractivity contribution in [1.82, 2.24) is 9.97 Å². The quantitative estimate of drug-likeness (QED) is 0.354. The van der Waals surface area contributed by atoms with Crippen LogP contribution in [0.5, 0.6) is 0 Å². The number of fused-ring (bicyclic) bond motifs is 8. The van der Waals surface area contributed by atoms with Crippen LogP contribution in [0.25, 0.3) is 32.7 Å². The van der Waals surface area contributed by atoms with Crippen LogP contribution >= 0.6 is 0 Å². The predicted molar refractivity (Wildman–Crippen MR) is 109 cm³/mol. The number of hydrogen-bond acceptors (Lipinski definition) is 2. The number of rotatable bonds is 0. The summed E-state index contributed by atoms with van der Waals surface area (Å²) in [4.78, 5) is 9.65. The molecule has 0 N–H and O–H groups in total. The van der Waals surface area contributed by atoms with Gasteiger partial charge in [-0.3, -0.25) is 0 Å². The van der Waals surface area contributed by atoms with Gasteiger partial charge in [-0.15, -0.1) is 0 Å². The summed E-state index contributed by atoms with van der Waals surface area (Å²) in [6.45, 7) is 9.02. The molecule has 122 valence electrons. The fourth-order valence-electron chi connectivity index (χ4n) is 4.63. The molecule has 4 aromatic rings. The molecule has 3 heteroatoms. The Morgan fingerprint density at radius 2 is 1.24 bits per heavy atom. The minimum absolute atomic E-state index is 0.887. The normalized spacial score (nSPS) is 14.7. The van der Waals surface area contributed by atoms with Gasteiger partial charge >= 0.3 is 0 Å². The van der Waals surface area contributed by atoms with E-state index in [1.807, 2.05) is 6.92 Å². The third-order valence-electron chi connectivity index (χ3n) is 5.60. The summed E-state index contributed by atoms with van der Waals surface area (Å²) in [7, 11) is -1.88. The first kappa shape index (κ1) is 14.8.